The topological polar surface area (TPSA) is 130 Å². The maximum atomic E-state index is 13.0. The average Bonchev–Trinajstić information content (AvgIpc) is 3.74. The number of nitrogens with zero attached hydrogens (tertiary/aromatic N) is 3. The van der Waals surface area contributed by atoms with E-state index in [1.165, 1.54) is 18.3 Å². The van der Waals surface area contributed by atoms with E-state index in [1.807, 2.05) is 25.1 Å². The van der Waals surface area contributed by atoms with Crippen LogP contribution < -0.4 is 10.1 Å². The molecule has 6 rings (SSSR count). The summed E-state index contributed by atoms with van der Waals surface area (Å²) < 4.78 is 22.9. The molecule has 40 heavy (non-hydrogen) atoms. The summed E-state index contributed by atoms with van der Waals surface area (Å²) in [4.78, 5) is 39.6. The molecule has 11 heteroatoms. The largest absolute Gasteiger partial charge is 0.494 e. The fraction of sp³-hybridized carbons (Fsp3) is 0.138. The highest BCUT2D eigenvalue weighted by atomic mass is 32.1. The number of rotatable bonds is 8. The number of carbonyl (C=O) groups excluding carboxylic acids is 2. The lowest BCUT2D eigenvalue weighted by molar-refractivity contribution is -0.123. The maximum absolute atomic E-state index is 13.0. The van der Waals surface area contributed by atoms with Crippen LogP contribution in [0.4, 0.5) is 5.13 Å². The van der Waals surface area contributed by atoms with E-state index in [4.69, 9.17) is 28.3 Å². The van der Waals surface area contributed by atoms with Gasteiger partial charge in [0, 0.05) is 0 Å². The summed E-state index contributed by atoms with van der Waals surface area (Å²) in [6.07, 6.45) is 2.03. The molecule has 0 bridgehead atoms. The number of hydrogen-bond donors (Lipinski definition) is 1. The first-order chi connectivity index (χ1) is 19.5. The molecule has 0 aliphatic carbocycles. The second kappa shape index (κ2) is 10.6. The number of fused-ring (bicyclic) bond motifs is 2. The summed E-state index contributed by atoms with van der Waals surface area (Å²) in [5, 5.41) is 3.12. The van der Waals surface area contributed by atoms with Crippen LogP contribution in [0.25, 0.3) is 44.2 Å². The number of ether oxygens (including phenoxy) is 2. The van der Waals surface area contributed by atoms with Gasteiger partial charge in [-0.15, -0.1) is 0 Å². The molecule has 6 aromatic rings. The van der Waals surface area contributed by atoms with Crippen LogP contribution in [0.2, 0.25) is 0 Å². The fourth-order valence-electron chi connectivity index (χ4n) is 4.06. The molecule has 0 saturated carbocycles. The van der Waals surface area contributed by atoms with Crippen molar-refractivity contribution in [1.82, 2.24) is 15.0 Å². The van der Waals surface area contributed by atoms with Gasteiger partial charge in [-0.25, -0.2) is 19.7 Å². The van der Waals surface area contributed by atoms with Crippen LogP contribution in [0.5, 0.6) is 5.75 Å². The summed E-state index contributed by atoms with van der Waals surface area (Å²) in [5.74, 6) is 0.593. The monoisotopic (exact) mass is 554 g/mol. The van der Waals surface area contributed by atoms with E-state index >= 15 is 0 Å². The van der Waals surface area contributed by atoms with Gasteiger partial charge in [-0.05, 0) is 74.5 Å². The minimum atomic E-state index is -1.07. The molecule has 0 spiro atoms. The van der Waals surface area contributed by atoms with Crippen molar-refractivity contribution in [1.29, 1.82) is 0 Å². The van der Waals surface area contributed by atoms with E-state index in [1.54, 1.807) is 55.0 Å². The molecule has 0 saturated heterocycles. The van der Waals surface area contributed by atoms with Gasteiger partial charge in [-0.2, -0.15) is 0 Å². The molecule has 200 valence electrons. The molecule has 0 fully saturated rings. The van der Waals surface area contributed by atoms with Gasteiger partial charge in [0.15, 0.2) is 22.8 Å². The molecule has 1 N–H and O–H groups in total. The number of benzene rings is 2. The summed E-state index contributed by atoms with van der Waals surface area (Å²) in [6, 6.07) is 17.4. The van der Waals surface area contributed by atoms with Crippen LogP contribution in [0.1, 0.15) is 24.2 Å². The zero-order valence-electron chi connectivity index (χ0n) is 21.4. The van der Waals surface area contributed by atoms with Crippen LogP contribution in [0.3, 0.4) is 0 Å². The molecular weight excluding hydrogens is 532 g/mol. The van der Waals surface area contributed by atoms with Crippen molar-refractivity contribution in [2.24, 2.45) is 0 Å². The molecule has 1 amide bonds. The molecule has 2 aromatic carbocycles. The summed E-state index contributed by atoms with van der Waals surface area (Å²) in [6.45, 7) is 3.96. The van der Waals surface area contributed by atoms with Crippen molar-refractivity contribution >= 4 is 49.6 Å². The Morgan fingerprint density at radius 1 is 0.900 bits per heavy atom. The van der Waals surface area contributed by atoms with Crippen LogP contribution in [-0.2, 0) is 9.53 Å². The molecule has 4 aromatic heterocycles. The van der Waals surface area contributed by atoms with E-state index < -0.39 is 18.0 Å². The molecule has 0 radical (unpaired) electrons. The van der Waals surface area contributed by atoms with Crippen LogP contribution in [0, 0.1) is 0 Å². The van der Waals surface area contributed by atoms with Crippen LogP contribution in [0.15, 0.2) is 82.0 Å². The third-order valence-corrected chi connectivity index (χ3v) is 6.90. The average molecular weight is 555 g/mol. The summed E-state index contributed by atoms with van der Waals surface area (Å²) in [7, 11) is 0. The number of anilines is 1. The lowest BCUT2D eigenvalue weighted by Crippen LogP contribution is -2.29. The van der Waals surface area contributed by atoms with Crippen molar-refractivity contribution in [2.75, 3.05) is 11.9 Å². The minimum absolute atomic E-state index is 0.223. The number of hydrogen-bond acceptors (Lipinski definition) is 10. The first kappa shape index (κ1) is 25.3. The van der Waals surface area contributed by atoms with Gasteiger partial charge in [0.1, 0.15) is 17.1 Å². The van der Waals surface area contributed by atoms with Crippen LogP contribution in [-0.4, -0.2) is 39.5 Å². The fourth-order valence-corrected chi connectivity index (χ4v) is 4.95. The Kier molecular flexibility index (Phi) is 6.71. The highest BCUT2D eigenvalue weighted by Crippen LogP contribution is 2.32. The maximum Gasteiger partial charge on any atom is 0.338 e. The van der Waals surface area contributed by atoms with Crippen LogP contribution >= 0.6 is 11.3 Å². The van der Waals surface area contributed by atoms with Crippen molar-refractivity contribution in [3.05, 3.63) is 78.8 Å². The van der Waals surface area contributed by atoms with Crippen molar-refractivity contribution in [3.8, 4) is 28.7 Å². The van der Waals surface area contributed by atoms with Crippen molar-refractivity contribution in [3.63, 3.8) is 0 Å². The number of furan rings is 2. The quantitative estimate of drug-likeness (QED) is 0.214. The van der Waals surface area contributed by atoms with Gasteiger partial charge in [0.25, 0.3) is 5.91 Å². The predicted molar refractivity (Wildman–Crippen MR) is 149 cm³/mol. The third kappa shape index (κ3) is 5.02. The SMILES string of the molecule is CCOc1ccc2nc(NC(=O)C(C)OC(=O)c3ccc4nc(-c5ccco5)c(-c5ccco5)nc4c3)sc2c1. The summed E-state index contributed by atoms with van der Waals surface area (Å²) >= 11 is 1.31. The molecule has 0 aliphatic rings. The Labute approximate surface area is 231 Å². The second-order valence-corrected chi connectivity index (χ2v) is 9.73. The van der Waals surface area contributed by atoms with Crippen molar-refractivity contribution < 1.29 is 27.9 Å². The molecule has 1 unspecified atom stereocenters. The van der Waals surface area contributed by atoms with Gasteiger partial charge in [-0.3, -0.25) is 10.1 Å². The zero-order chi connectivity index (χ0) is 27.6. The Morgan fingerprint density at radius 2 is 1.60 bits per heavy atom. The first-order valence-electron chi connectivity index (χ1n) is 12.4. The Hall–Kier alpha value is -5.03. The number of carbonyl (C=O) groups is 2. The third-order valence-electron chi connectivity index (χ3n) is 5.96. The number of amides is 1. The molecule has 0 aliphatic heterocycles. The Balaban J connectivity index is 1.20. The molecule has 1 atom stereocenters. The first-order valence-corrected chi connectivity index (χ1v) is 13.2. The van der Waals surface area contributed by atoms with E-state index in [-0.39, 0.29) is 5.56 Å². The molecule has 10 nitrogen and oxygen atoms in total. The van der Waals surface area contributed by atoms with E-state index in [9.17, 15) is 9.59 Å². The number of thiazole rings is 1. The smallest absolute Gasteiger partial charge is 0.338 e. The highest BCUT2D eigenvalue weighted by molar-refractivity contribution is 7.22. The lowest BCUT2D eigenvalue weighted by Gasteiger charge is -2.13. The van der Waals surface area contributed by atoms with Gasteiger partial charge in [-0.1, -0.05) is 11.3 Å². The zero-order valence-corrected chi connectivity index (χ0v) is 22.2. The summed E-state index contributed by atoms with van der Waals surface area (Å²) in [5.41, 5.74) is 2.93. The van der Waals surface area contributed by atoms with Crippen molar-refractivity contribution in [2.45, 2.75) is 20.0 Å². The highest BCUT2D eigenvalue weighted by Gasteiger charge is 2.22. The minimum Gasteiger partial charge on any atom is -0.494 e. The van der Waals surface area contributed by atoms with Gasteiger partial charge < -0.3 is 18.3 Å². The predicted octanol–water partition coefficient (Wildman–Crippen LogP) is 6.34. The standard InChI is InChI=1S/C29H22N4O6S/c1-3-36-18-9-11-20-24(15-18)40-29(32-20)33-27(34)16(2)39-28(35)17-8-10-19-21(14-17)31-26(23-7-5-13-38-23)25(30-19)22-6-4-12-37-22/h4-16H,3H2,1-2H3,(H,32,33,34). The number of esters is 1. The van der Waals surface area contributed by atoms with Gasteiger partial charge >= 0.3 is 5.97 Å². The molecular formula is C29H22N4O6S. The normalized spacial score (nSPS) is 11.9. The Bertz CT molecular complexity index is 1830. The van der Waals surface area contributed by atoms with E-state index in [0.717, 1.165) is 16.0 Å². The van der Waals surface area contributed by atoms with E-state index in [2.05, 4.69) is 10.3 Å². The Morgan fingerprint density at radius 3 is 2.27 bits per heavy atom. The second-order valence-electron chi connectivity index (χ2n) is 8.70. The lowest BCUT2D eigenvalue weighted by atomic mass is 10.1. The van der Waals surface area contributed by atoms with E-state index in [0.29, 0.717) is 45.7 Å². The van der Waals surface area contributed by atoms with Gasteiger partial charge in [0.2, 0.25) is 0 Å². The van der Waals surface area contributed by atoms with Gasteiger partial charge in [0.05, 0.1) is 45.9 Å². The number of aromatic nitrogens is 3. The number of nitrogens with one attached hydrogen (secondary N) is 1. The molecule has 4 heterocycles.